The lowest BCUT2D eigenvalue weighted by molar-refractivity contribution is 1.36. The van der Waals surface area contributed by atoms with Crippen molar-refractivity contribution in [1.82, 2.24) is 0 Å². The van der Waals surface area contributed by atoms with Crippen molar-refractivity contribution in [2.45, 2.75) is 13.8 Å². The molecule has 160 valence electrons. The Morgan fingerprint density at radius 1 is 0.594 bits per heavy atom. The van der Waals surface area contributed by atoms with Gasteiger partial charge in [0.05, 0.1) is 29.9 Å². The molecule has 0 unspecified atom stereocenters. The molecule has 0 saturated heterocycles. The van der Waals surface area contributed by atoms with E-state index in [1.807, 2.05) is 0 Å². The molecular formula is C30H31P2+. The third kappa shape index (κ3) is 5.27. The van der Waals surface area contributed by atoms with Gasteiger partial charge in [0.15, 0.2) is 0 Å². The van der Waals surface area contributed by atoms with E-state index < -0.39 is 15.2 Å². The Kier molecular flexibility index (Phi) is 7.70. The predicted molar refractivity (Wildman–Crippen MR) is 147 cm³/mol. The fourth-order valence-corrected chi connectivity index (χ4v) is 13.4. The van der Waals surface area contributed by atoms with Crippen LogP contribution in [0, 0.1) is 0 Å². The normalized spacial score (nSPS) is 11.3. The molecule has 0 aliphatic rings. The predicted octanol–water partition coefficient (Wildman–Crippen LogP) is 6.71. The molecule has 0 nitrogen and oxygen atoms in total. The summed E-state index contributed by atoms with van der Waals surface area (Å²) in [6.07, 6.45) is 3.57. The summed E-state index contributed by atoms with van der Waals surface area (Å²) in [5, 5.41) is 5.93. The van der Waals surface area contributed by atoms with E-state index in [0.717, 1.165) is 6.16 Å². The molecule has 32 heavy (non-hydrogen) atoms. The second kappa shape index (κ2) is 10.9. The Bertz CT molecular complexity index is 1040. The van der Waals surface area contributed by atoms with Crippen LogP contribution in [-0.2, 0) is 0 Å². The minimum Gasteiger partial charge on any atom is -0.0768 e. The van der Waals surface area contributed by atoms with Crippen LogP contribution in [0.25, 0.3) is 0 Å². The number of hydrogen-bond donors (Lipinski definition) is 0. The standard InChI is InChI=1S/C30H31P2/c1-26(2)23-24-32(29-19-11-5-12-20-29,30-21-13-6-14-22-30)25-31(27-15-7-3-8-16-27)28-17-9-4-10-18-28/h3-23H,24-25H2,1-2H3/q+1. The van der Waals surface area contributed by atoms with Gasteiger partial charge in [-0.25, -0.2) is 0 Å². The van der Waals surface area contributed by atoms with Crippen LogP contribution in [-0.4, -0.2) is 12.1 Å². The van der Waals surface area contributed by atoms with Crippen molar-refractivity contribution in [3.63, 3.8) is 0 Å². The van der Waals surface area contributed by atoms with E-state index in [-0.39, 0.29) is 0 Å². The summed E-state index contributed by atoms with van der Waals surface area (Å²) >= 11 is 0. The molecule has 0 radical (unpaired) electrons. The average Bonchev–Trinajstić information content (AvgIpc) is 2.86. The largest absolute Gasteiger partial charge is 0.0999 e. The Balaban J connectivity index is 1.92. The third-order valence-corrected chi connectivity index (χ3v) is 14.1. The Labute approximate surface area is 195 Å². The fraction of sp³-hybridized carbons (Fsp3) is 0.133. The Hall–Kier alpha value is -2.52. The van der Waals surface area contributed by atoms with Gasteiger partial charge in [0.1, 0.15) is 0 Å². The molecule has 4 aromatic rings. The first-order chi connectivity index (χ1) is 15.7. The van der Waals surface area contributed by atoms with Gasteiger partial charge in [-0.3, -0.25) is 0 Å². The quantitative estimate of drug-likeness (QED) is 0.205. The summed E-state index contributed by atoms with van der Waals surface area (Å²) in [4.78, 5) is 0. The molecule has 0 spiro atoms. The maximum atomic E-state index is 2.47. The third-order valence-electron chi connectivity index (χ3n) is 5.83. The molecule has 0 aliphatic heterocycles. The molecule has 0 aromatic heterocycles. The van der Waals surface area contributed by atoms with Crippen molar-refractivity contribution in [2.75, 3.05) is 12.1 Å². The highest BCUT2D eigenvalue weighted by molar-refractivity contribution is 7.98. The molecule has 4 rings (SSSR count). The molecule has 0 N–H and O–H groups in total. The van der Waals surface area contributed by atoms with Crippen LogP contribution in [0.4, 0.5) is 0 Å². The maximum absolute atomic E-state index is 2.47. The molecule has 0 amide bonds. The number of allylic oxidation sites excluding steroid dienone is 2. The van der Waals surface area contributed by atoms with Crippen LogP contribution >= 0.6 is 15.2 Å². The highest BCUT2D eigenvalue weighted by Crippen LogP contribution is 2.63. The maximum Gasteiger partial charge on any atom is 0.0999 e. The lowest BCUT2D eigenvalue weighted by Gasteiger charge is -2.31. The molecule has 0 fully saturated rings. The molecule has 0 atom stereocenters. The minimum atomic E-state index is -1.69. The number of hydrogen-bond acceptors (Lipinski definition) is 0. The van der Waals surface area contributed by atoms with Crippen LogP contribution in [0.5, 0.6) is 0 Å². The zero-order chi connectivity index (χ0) is 22.2. The van der Waals surface area contributed by atoms with Crippen LogP contribution < -0.4 is 21.2 Å². The lowest BCUT2D eigenvalue weighted by atomic mass is 10.3. The van der Waals surface area contributed by atoms with Gasteiger partial charge in [0.2, 0.25) is 0 Å². The second-order valence-corrected chi connectivity index (χ2v) is 14.7. The first-order valence-corrected chi connectivity index (χ1v) is 14.9. The Morgan fingerprint density at radius 3 is 1.34 bits per heavy atom. The summed E-state index contributed by atoms with van der Waals surface area (Å²) < 4.78 is 0. The van der Waals surface area contributed by atoms with Crippen molar-refractivity contribution in [3.05, 3.63) is 133 Å². The summed E-state index contributed by atoms with van der Waals surface area (Å²) in [5.41, 5.74) is 1.39. The van der Waals surface area contributed by atoms with Gasteiger partial charge in [-0.05, 0) is 62.7 Å². The van der Waals surface area contributed by atoms with Crippen molar-refractivity contribution in [1.29, 1.82) is 0 Å². The smallest absolute Gasteiger partial charge is 0.0768 e. The first kappa shape index (κ1) is 22.7. The summed E-state index contributed by atoms with van der Waals surface area (Å²) in [6.45, 7) is 4.45. The van der Waals surface area contributed by atoms with E-state index in [2.05, 4.69) is 141 Å². The number of rotatable bonds is 8. The van der Waals surface area contributed by atoms with Crippen LogP contribution in [0.2, 0.25) is 0 Å². The zero-order valence-electron chi connectivity index (χ0n) is 18.9. The van der Waals surface area contributed by atoms with E-state index in [9.17, 15) is 0 Å². The van der Waals surface area contributed by atoms with Crippen LogP contribution in [0.1, 0.15) is 13.8 Å². The summed E-state index contributed by atoms with van der Waals surface area (Å²) in [7, 11) is -2.19. The SMILES string of the molecule is CC(C)=CC[P+](CP(c1ccccc1)c1ccccc1)(c1ccccc1)c1ccccc1. The molecule has 0 aliphatic carbocycles. The van der Waals surface area contributed by atoms with Crippen molar-refractivity contribution < 1.29 is 0 Å². The molecule has 0 bridgehead atoms. The molecule has 2 heteroatoms. The van der Waals surface area contributed by atoms with E-state index in [4.69, 9.17) is 0 Å². The summed E-state index contributed by atoms with van der Waals surface area (Å²) in [6, 6.07) is 44.9. The highest BCUT2D eigenvalue weighted by atomic mass is 31.2. The van der Waals surface area contributed by atoms with Gasteiger partial charge < -0.3 is 0 Å². The topological polar surface area (TPSA) is 0 Å². The fourth-order valence-electron chi connectivity index (χ4n) is 4.12. The van der Waals surface area contributed by atoms with Gasteiger partial charge in [-0.1, -0.05) is 103 Å². The molecule has 0 saturated carbocycles. The van der Waals surface area contributed by atoms with Crippen LogP contribution in [0.15, 0.2) is 133 Å². The second-order valence-electron chi connectivity index (χ2n) is 8.34. The van der Waals surface area contributed by atoms with Gasteiger partial charge in [0, 0.05) is 0 Å². The van der Waals surface area contributed by atoms with Crippen molar-refractivity contribution in [2.24, 2.45) is 0 Å². The van der Waals surface area contributed by atoms with E-state index in [1.54, 1.807) is 0 Å². The van der Waals surface area contributed by atoms with Gasteiger partial charge >= 0.3 is 0 Å². The lowest BCUT2D eigenvalue weighted by Crippen LogP contribution is -2.29. The van der Waals surface area contributed by atoms with Gasteiger partial charge in [-0.2, -0.15) is 0 Å². The monoisotopic (exact) mass is 453 g/mol. The summed E-state index contributed by atoms with van der Waals surface area (Å²) in [5.74, 6) is 1.17. The minimum absolute atomic E-state index is 0.497. The molecule has 4 aromatic carbocycles. The highest BCUT2D eigenvalue weighted by Gasteiger charge is 2.44. The Morgan fingerprint density at radius 2 is 0.969 bits per heavy atom. The van der Waals surface area contributed by atoms with E-state index in [1.165, 1.54) is 32.7 Å². The molecular weight excluding hydrogens is 422 g/mol. The van der Waals surface area contributed by atoms with Crippen LogP contribution in [0.3, 0.4) is 0 Å². The molecule has 0 heterocycles. The van der Waals surface area contributed by atoms with Gasteiger partial charge in [-0.15, -0.1) is 0 Å². The van der Waals surface area contributed by atoms with E-state index >= 15 is 0 Å². The zero-order valence-corrected chi connectivity index (χ0v) is 20.7. The van der Waals surface area contributed by atoms with E-state index in [0.29, 0.717) is 0 Å². The first-order valence-electron chi connectivity index (χ1n) is 11.2. The van der Waals surface area contributed by atoms with Crippen molar-refractivity contribution >= 4 is 36.4 Å². The number of benzene rings is 4. The average molecular weight is 454 g/mol. The van der Waals surface area contributed by atoms with Gasteiger partial charge in [0.25, 0.3) is 0 Å². The van der Waals surface area contributed by atoms with Crippen molar-refractivity contribution in [3.8, 4) is 0 Å².